The summed E-state index contributed by atoms with van der Waals surface area (Å²) in [7, 11) is 0. The van der Waals surface area contributed by atoms with Crippen molar-refractivity contribution >= 4 is 51.8 Å². The van der Waals surface area contributed by atoms with Crippen LogP contribution in [0.1, 0.15) is 61.1 Å². The molecule has 2 saturated heterocycles. The lowest BCUT2D eigenvalue weighted by Gasteiger charge is -2.32. The lowest BCUT2D eigenvalue weighted by atomic mass is 10.0. The number of carbonyl (C=O) groups is 4. The third kappa shape index (κ3) is 5.92. The summed E-state index contributed by atoms with van der Waals surface area (Å²) >= 11 is 5.87. The van der Waals surface area contributed by atoms with E-state index in [9.17, 15) is 32.3 Å². The van der Waals surface area contributed by atoms with E-state index in [1.165, 1.54) is 23.7 Å². The van der Waals surface area contributed by atoms with Crippen molar-refractivity contribution in [2.75, 3.05) is 18.4 Å². The maximum atomic E-state index is 14.4. The summed E-state index contributed by atoms with van der Waals surface area (Å²) in [6, 6.07) is 6.14. The number of piperidine rings is 2. The number of hydrogen-bond acceptors (Lipinski definition) is 5. The number of alkyl halides is 2. The minimum Gasteiger partial charge on any atom is -0.350 e. The molecule has 2 N–H and O–H groups in total. The maximum Gasteiger partial charge on any atom is 0.322 e. The summed E-state index contributed by atoms with van der Waals surface area (Å²) in [5.41, 5.74) is 1.50. The number of likely N-dealkylation sites (tertiary alicyclic amines) is 2. The normalized spacial score (nSPS) is 23.3. The summed E-state index contributed by atoms with van der Waals surface area (Å²) in [5, 5.41) is 10.2. The molecule has 244 valence electrons. The molecular formula is C32H34ClF3N6O4. The van der Waals surface area contributed by atoms with E-state index in [0.717, 1.165) is 11.3 Å². The molecule has 4 amide bonds. The van der Waals surface area contributed by atoms with E-state index in [-0.39, 0.29) is 71.9 Å². The molecule has 3 atom stereocenters. The van der Waals surface area contributed by atoms with Crippen LogP contribution in [0.3, 0.4) is 0 Å². The van der Waals surface area contributed by atoms with Crippen molar-refractivity contribution in [1.29, 1.82) is 0 Å². The summed E-state index contributed by atoms with van der Waals surface area (Å²) in [6.45, 7) is 4.28. The molecule has 14 heteroatoms. The van der Waals surface area contributed by atoms with Gasteiger partial charge in [0.15, 0.2) is 5.78 Å². The predicted octanol–water partition coefficient (Wildman–Crippen LogP) is 5.30. The number of anilines is 1. The van der Waals surface area contributed by atoms with Crippen molar-refractivity contribution in [3.8, 4) is 0 Å². The van der Waals surface area contributed by atoms with Gasteiger partial charge in [-0.3, -0.25) is 19.1 Å². The molecule has 3 heterocycles. The molecule has 0 radical (unpaired) electrons. The van der Waals surface area contributed by atoms with Gasteiger partial charge < -0.3 is 20.4 Å². The smallest absolute Gasteiger partial charge is 0.322 e. The second-order valence-electron chi connectivity index (χ2n) is 12.9. The zero-order valence-electron chi connectivity index (χ0n) is 25.6. The second kappa shape index (κ2) is 11.6. The molecule has 0 bridgehead atoms. The fourth-order valence-electron chi connectivity index (χ4n) is 6.87. The number of halogens is 4. The average Bonchev–Trinajstić information content (AvgIpc) is 3.33. The number of carbonyl (C=O) groups excluding carboxylic acids is 4. The number of nitrogens with zero attached hydrogens (tertiary/aromatic N) is 4. The van der Waals surface area contributed by atoms with Gasteiger partial charge in [0, 0.05) is 49.1 Å². The van der Waals surface area contributed by atoms with E-state index < -0.39 is 36.3 Å². The molecule has 3 aromatic rings. The maximum absolute atomic E-state index is 14.4. The van der Waals surface area contributed by atoms with Crippen molar-refractivity contribution in [3.05, 3.63) is 58.0 Å². The molecule has 2 aliphatic heterocycles. The van der Waals surface area contributed by atoms with E-state index in [4.69, 9.17) is 11.6 Å². The topological polar surface area (TPSA) is 117 Å². The Morgan fingerprint density at radius 1 is 1.15 bits per heavy atom. The van der Waals surface area contributed by atoms with Crippen LogP contribution in [0.4, 0.5) is 23.7 Å². The minimum absolute atomic E-state index is 0.0500. The Hall–Kier alpha value is -4.13. The first-order valence-electron chi connectivity index (χ1n) is 15.1. The minimum atomic E-state index is -2.95. The third-order valence-electron chi connectivity index (χ3n) is 9.29. The molecule has 6 rings (SSSR count). The van der Waals surface area contributed by atoms with Gasteiger partial charge >= 0.3 is 6.03 Å². The summed E-state index contributed by atoms with van der Waals surface area (Å²) in [5.74, 6) is -4.69. The number of benzene rings is 2. The number of amides is 4. The number of urea groups is 1. The molecular weight excluding hydrogens is 625 g/mol. The van der Waals surface area contributed by atoms with Crippen LogP contribution in [0.5, 0.6) is 0 Å². The molecule has 2 aromatic carbocycles. The van der Waals surface area contributed by atoms with Crippen LogP contribution in [-0.2, 0) is 22.7 Å². The molecule has 10 nitrogen and oxygen atoms in total. The van der Waals surface area contributed by atoms with Crippen molar-refractivity contribution in [1.82, 2.24) is 24.9 Å². The van der Waals surface area contributed by atoms with Crippen LogP contribution in [0.25, 0.3) is 10.9 Å². The number of rotatable bonds is 7. The SMILES string of the molecule is CC(=O)c1nn(CC(=O)N2[C@H](C(=O)NCc3cccc(Cl)c3F)C[C@@]3(C)C[C@@H]23)c2c(C)cc(NC(=O)N3CCCC(F)(F)C3)cc12. The quantitative estimate of drug-likeness (QED) is 0.335. The van der Waals surface area contributed by atoms with Crippen molar-refractivity contribution in [3.63, 3.8) is 0 Å². The van der Waals surface area contributed by atoms with Gasteiger partial charge in [-0.05, 0) is 55.4 Å². The number of aromatic nitrogens is 2. The summed E-state index contributed by atoms with van der Waals surface area (Å²) < 4.78 is 43.6. The molecule has 0 spiro atoms. The molecule has 46 heavy (non-hydrogen) atoms. The van der Waals surface area contributed by atoms with Crippen LogP contribution < -0.4 is 10.6 Å². The highest BCUT2D eigenvalue weighted by Crippen LogP contribution is 2.59. The fourth-order valence-corrected chi connectivity index (χ4v) is 7.06. The highest BCUT2D eigenvalue weighted by atomic mass is 35.5. The first-order chi connectivity index (χ1) is 21.7. The molecule has 1 aromatic heterocycles. The Balaban J connectivity index is 1.22. The van der Waals surface area contributed by atoms with Crippen LogP contribution >= 0.6 is 11.6 Å². The van der Waals surface area contributed by atoms with Gasteiger partial charge in [0.05, 0.1) is 17.1 Å². The first kappa shape index (κ1) is 31.8. The number of hydrogen-bond donors (Lipinski definition) is 2. The van der Waals surface area contributed by atoms with E-state index in [2.05, 4.69) is 15.7 Å². The van der Waals surface area contributed by atoms with Gasteiger partial charge in [0.25, 0.3) is 5.92 Å². The highest BCUT2D eigenvalue weighted by molar-refractivity contribution is 6.30. The van der Waals surface area contributed by atoms with E-state index >= 15 is 0 Å². The second-order valence-corrected chi connectivity index (χ2v) is 13.3. The highest BCUT2D eigenvalue weighted by Gasteiger charge is 2.64. The Bertz CT molecular complexity index is 1780. The van der Waals surface area contributed by atoms with E-state index in [1.807, 2.05) is 6.92 Å². The Morgan fingerprint density at radius 2 is 1.91 bits per heavy atom. The Morgan fingerprint density at radius 3 is 2.63 bits per heavy atom. The first-order valence-corrected chi connectivity index (χ1v) is 15.5. The largest absolute Gasteiger partial charge is 0.350 e. The lowest BCUT2D eigenvalue weighted by molar-refractivity contribution is -0.140. The van der Waals surface area contributed by atoms with Crippen molar-refractivity contribution in [2.24, 2.45) is 5.41 Å². The molecule has 1 aliphatic carbocycles. The molecule has 3 aliphatic rings. The zero-order chi connectivity index (χ0) is 33.1. The number of nitrogens with one attached hydrogen (secondary N) is 2. The van der Waals surface area contributed by atoms with E-state index in [1.54, 1.807) is 30.0 Å². The van der Waals surface area contributed by atoms with E-state index in [0.29, 0.717) is 28.6 Å². The van der Waals surface area contributed by atoms with Gasteiger partial charge in [-0.15, -0.1) is 0 Å². The molecule has 3 fully saturated rings. The van der Waals surface area contributed by atoms with Gasteiger partial charge in [0.2, 0.25) is 11.8 Å². The van der Waals surface area contributed by atoms with Crippen molar-refractivity contribution < 1.29 is 32.3 Å². The predicted molar refractivity (Wildman–Crippen MR) is 164 cm³/mol. The number of aryl methyl sites for hydroxylation is 1. The van der Waals surface area contributed by atoms with Crippen LogP contribution in [0.2, 0.25) is 5.02 Å². The zero-order valence-corrected chi connectivity index (χ0v) is 26.4. The average molecular weight is 659 g/mol. The fraction of sp³-hybridized carbons (Fsp3) is 0.469. The summed E-state index contributed by atoms with van der Waals surface area (Å²) in [4.78, 5) is 55.2. The number of fused-ring (bicyclic) bond motifs is 2. The molecule has 1 saturated carbocycles. The standard InChI is InChI=1S/C32H34ClF3N6O4/c1-17-10-20(38-30(46)40-9-5-8-32(35,36)16-40)11-21-27(18(2)43)39-41(28(17)21)15-25(44)42-23(12-31(3)13-24(31)42)29(45)37-14-19-6-4-7-22(33)26(19)34/h4,6-7,10-11,23-24H,5,8-9,12-16H2,1-3H3,(H,37,45)(H,38,46)/t23-,24+,31-/m0/s1. The summed E-state index contributed by atoms with van der Waals surface area (Å²) in [6.07, 6.45) is 1.12. The van der Waals surface area contributed by atoms with Crippen molar-refractivity contribution in [2.45, 2.75) is 77.6 Å². The number of ketones is 1. The Labute approximate surface area is 268 Å². The Kier molecular flexibility index (Phi) is 8.02. The third-order valence-corrected chi connectivity index (χ3v) is 9.59. The molecule has 0 unspecified atom stereocenters. The number of Topliss-reactive ketones (excluding diaryl/α,β-unsaturated/α-hetero) is 1. The lowest BCUT2D eigenvalue weighted by Crippen LogP contribution is -2.48. The van der Waals surface area contributed by atoms with Crippen LogP contribution in [-0.4, -0.2) is 74.3 Å². The van der Waals surface area contributed by atoms with Gasteiger partial charge in [-0.2, -0.15) is 5.10 Å². The van der Waals surface area contributed by atoms with Crippen LogP contribution in [0.15, 0.2) is 30.3 Å². The van der Waals surface area contributed by atoms with Gasteiger partial charge in [0.1, 0.15) is 24.1 Å². The van der Waals surface area contributed by atoms with Gasteiger partial charge in [-0.25, -0.2) is 18.0 Å². The monoisotopic (exact) mass is 658 g/mol. The van der Waals surface area contributed by atoms with Crippen LogP contribution in [0, 0.1) is 18.2 Å². The van der Waals surface area contributed by atoms with Gasteiger partial charge in [-0.1, -0.05) is 30.7 Å².